The number of amides is 1. The summed E-state index contributed by atoms with van der Waals surface area (Å²) in [6, 6.07) is 0.411. The van der Waals surface area contributed by atoms with Gasteiger partial charge in [0.1, 0.15) is 0 Å². The van der Waals surface area contributed by atoms with Gasteiger partial charge in [0.05, 0.1) is 0 Å². The van der Waals surface area contributed by atoms with Gasteiger partial charge in [-0.15, -0.1) is 0 Å². The zero-order valence-electron chi connectivity index (χ0n) is 11.6. The molecule has 4 atom stereocenters. The maximum atomic E-state index is 12.5. The Morgan fingerprint density at radius 1 is 1.29 bits per heavy atom. The molecule has 17 heavy (non-hydrogen) atoms. The van der Waals surface area contributed by atoms with E-state index in [0.29, 0.717) is 29.7 Å². The van der Waals surface area contributed by atoms with Crippen LogP contribution >= 0.6 is 0 Å². The van der Waals surface area contributed by atoms with Gasteiger partial charge in [0.25, 0.3) is 0 Å². The maximum Gasteiger partial charge on any atom is 0.226 e. The highest BCUT2D eigenvalue weighted by molar-refractivity contribution is 5.79. The normalized spacial score (nSPS) is 36.5. The SMILES string of the molecule is CC1CC(C)C(C)N(C(=O)C(C)C2CNC2)C1. The van der Waals surface area contributed by atoms with Crippen molar-refractivity contribution < 1.29 is 4.79 Å². The zero-order chi connectivity index (χ0) is 12.6. The molecule has 0 aliphatic carbocycles. The fourth-order valence-electron chi connectivity index (χ4n) is 3.13. The molecule has 0 aromatic carbocycles. The average molecular weight is 238 g/mol. The lowest BCUT2D eigenvalue weighted by Gasteiger charge is -2.44. The minimum absolute atomic E-state index is 0.191. The van der Waals surface area contributed by atoms with Gasteiger partial charge in [-0.2, -0.15) is 0 Å². The fourth-order valence-corrected chi connectivity index (χ4v) is 3.13. The van der Waals surface area contributed by atoms with E-state index < -0.39 is 0 Å². The lowest BCUT2D eigenvalue weighted by Crippen LogP contribution is -2.55. The Morgan fingerprint density at radius 3 is 2.47 bits per heavy atom. The van der Waals surface area contributed by atoms with Crippen LogP contribution in [0.5, 0.6) is 0 Å². The number of rotatable bonds is 2. The van der Waals surface area contributed by atoms with Crippen LogP contribution in [-0.4, -0.2) is 36.5 Å². The van der Waals surface area contributed by atoms with E-state index in [2.05, 4.69) is 37.9 Å². The molecular weight excluding hydrogens is 212 g/mol. The van der Waals surface area contributed by atoms with Gasteiger partial charge in [-0.25, -0.2) is 0 Å². The highest BCUT2D eigenvalue weighted by atomic mass is 16.2. The van der Waals surface area contributed by atoms with Crippen molar-refractivity contribution in [3.8, 4) is 0 Å². The van der Waals surface area contributed by atoms with Crippen LogP contribution in [0, 0.1) is 23.7 Å². The largest absolute Gasteiger partial charge is 0.339 e. The van der Waals surface area contributed by atoms with Crippen molar-refractivity contribution in [2.24, 2.45) is 23.7 Å². The second kappa shape index (κ2) is 4.97. The van der Waals surface area contributed by atoms with Crippen LogP contribution in [0.25, 0.3) is 0 Å². The van der Waals surface area contributed by atoms with Crippen LogP contribution < -0.4 is 5.32 Å². The minimum atomic E-state index is 0.191. The van der Waals surface area contributed by atoms with E-state index in [9.17, 15) is 4.79 Å². The highest BCUT2D eigenvalue weighted by Gasteiger charge is 2.37. The van der Waals surface area contributed by atoms with Gasteiger partial charge in [-0.05, 0) is 44.2 Å². The molecule has 2 saturated heterocycles. The van der Waals surface area contributed by atoms with Gasteiger partial charge in [-0.3, -0.25) is 4.79 Å². The summed E-state index contributed by atoms with van der Waals surface area (Å²) in [4.78, 5) is 14.7. The standard InChI is InChI=1S/C14H26N2O/c1-9-5-10(2)12(4)16(8-9)14(17)11(3)13-6-15-7-13/h9-13,15H,5-8H2,1-4H3. The van der Waals surface area contributed by atoms with Crippen LogP contribution in [0.3, 0.4) is 0 Å². The number of piperidine rings is 1. The van der Waals surface area contributed by atoms with Crippen LogP contribution in [-0.2, 0) is 4.79 Å². The van der Waals surface area contributed by atoms with Gasteiger partial charge in [0.2, 0.25) is 5.91 Å². The minimum Gasteiger partial charge on any atom is -0.339 e. The van der Waals surface area contributed by atoms with E-state index >= 15 is 0 Å². The Bertz CT molecular complexity index is 288. The molecule has 0 saturated carbocycles. The van der Waals surface area contributed by atoms with Gasteiger partial charge < -0.3 is 10.2 Å². The number of nitrogens with one attached hydrogen (secondary N) is 1. The summed E-state index contributed by atoms with van der Waals surface area (Å²) in [5.74, 6) is 2.41. The maximum absolute atomic E-state index is 12.5. The predicted molar refractivity (Wildman–Crippen MR) is 69.6 cm³/mol. The first kappa shape index (κ1) is 12.9. The van der Waals surface area contributed by atoms with E-state index in [0.717, 1.165) is 19.6 Å². The summed E-state index contributed by atoms with van der Waals surface area (Å²) in [6.07, 6.45) is 1.25. The summed E-state index contributed by atoms with van der Waals surface area (Å²) in [5, 5.41) is 3.26. The molecule has 0 aromatic rings. The first-order chi connectivity index (χ1) is 8.00. The Balaban J connectivity index is 2.01. The third-order valence-corrected chi connectivity index (χ3v) is 4.79. The van der Waals surface area contributed by atoms with Crippen molar-refractivity contribution in [1.29, 1.82) is 0 Å². The molecule has 0 bridgehead atoms. The molecule has 3 nitrogen and oxygen atoms in total. The van der Waals surface area contributed by atoms with Crippen molar-refractivity contribution in [2.75, 3.05) is 19.6 Å². The zero-order valence-corrected chi connectivity index (χ0v) is 11.6. The third kappa shape index (κ3) is 2.49. The molecule has 1 N–H and O–H groups in total. The molecule has 2 heterocycles. The van der Waals surface area contributed by atoms with Crippen molar-refractivity contribution in [3.63, 3.8) is 0 Å². The quantitative estimate of drug-likeness (QED) is 0.794. The summed E-state index contributed by atoms with van der Waals surface area (Å²) < 4.78 is 0. The van der Waals surface area contributed by atoms with Crippen molar-refractivity contribution in [2.45, 2.75) is 40.2 Å². The number of nitrogens with zero attached hydrogens (tertiary/aromatic N) is 1. The second-order valence-corrected chi connectivity index (χ2v) is 6.26. The molecule has 4 unspecified atom stereocenters. The Hall–Kier alpha value is -0.570. The van der Waals surface area contributed by atoms with Crippen LogP contribution in [0.15, 0.2) is 0 Å². The summed E-state index contributed by atoms with van der Waals surface area (Å²) >= 11 is 0. The van der Waals surface area contributed by atoms with E-state index in [1.54, 1.807) is 0 Å². The van der Waals surface area contributed by atoms with Gasteiger partial charge in [-0.1, -0.05) is 20.8 Å². The molecule has 2 fully saturated rings. The molecule has 0 radical (unpaired) electrons. The molecule has 98 valence electrons. The van der Waals surface area contributed by atoms with Gasteiger partial charge >= 0.3 is 0 Å². The Morgan fingerprint density at radius 2 is 1.94 bits per heavy atom. The highest BCUT2D eigenvalue weighted by Crippen LogP contribution is 2.29. The van der Waals surface area contributed by atoms with Crippen LogP contribution in [0.2, 0.25) is 0 Å². The molecule has 0 aromatic heterocycles. The van der Waals surface area contributed by atoms with E-state index in [4.69, 9.17) is 0 Å². The molecule has 3 heteroatoms. The van der Waals surface area contributed by atoms with E-state index in [1.807, 2.05) is 0 Å². The molecule has 2 aliphatic heterocycles. The number of carbonyl (C=O) groups excluding carboxylic acids is 1. The summed E-state index contributed by atoms with van der Waals surface area (Å²) in [5.41, 5.74) is 0. The van der Waals surface area contributed by atoms with Crippen LogP contribution in [0.1, 0.15) is 34.1 Å². The Labute approximate surface area is 105 Å². The molecule has 2 rings (SSSR count). The molecule has 0 spiro atoms. The first-order valence-corrected chi connectivity index (χ1v) is 7.02. The van der Waals surface area contributed by atoms with Crippen LogP contribution in [0.4, 0.5) is 0 Å². The van der Waals surface area contributed by atoms with Crippen molar-refractivity contribution in [1.82, 2.24) is 10.2 Å². The summed E-state index contributed by atoms with van der Waals surface area (Å²) in [6.45, 7) is 11.8. The van der Waals surface area contributed by atoms with E-state index in [-0.39, 0.29) is 5.92 Å². The monoisotopic (exact) mass is 238 g/mol. The lowest BCUT2D eigenvalue weighted by atomic mass is 9.83. The fraction of sp³-hybridized carbons (Fsp3) is 0.929. The van der Waals surface area contributed by atoms with Gasteiger partial charge in [0, 0.05) is 18.5 Å². The predicted octanol–water partition coefficient (Wildman–Crippen LogP) is 1.73. The topological polar surface area (TPSA) is 32.3 Å². The molecule has 1 amide bonds. The number of hydrogen-bond acceptors (Lipinski definition) is 2. The summed E-state index contributed by atoms with van der Waals surface area (Å²) in [7, 11) is 0. The average Bonchev–Trinajstić information content (AvgIpc) is 2.19. The lowest BCUT2D eigenvalue weighted by molar-refractivity contribution is -0.143. The smallest absolute Gasteiger partial charge is 0.226 e. The Kier molecular flexibility index (Phi) is 3.76. The molecule has 2 aliphatic rings. The third-order valence-electron chi connectivity index (χ3n) is 4.79. The number of likely N-dealkylation sites (tertiary alicyclic amines) is 1. The van der Waals surface area contributed by atoms with E-state index in [1.165, 1.54) is 6.42 Å². The van der Waals surface area contributed by atoms with Crippen molar-refractivity contribution >= 4 is 5.91 Å². The molecular formula is C14H26N2O. The second-order valence-electron chi connectivity index (χ2n) is 6.26. The number of hydrogen-bond donors (Lipinski definition) is 1. The van der Waals surface area contributed by atoms with Crippen molar-refractivity contribution in [3.05, 3.63) is 0 Å². The van der Waals surface area contributed by atoms with Gasteiger partial charge in [0.15, 0.2) is 0 Å². The number of carbonyl (C=O) groups is 1. The first-order valence-electron chi connectivity index (χ1n) is 7.02.